The van der Waals surface area contributed by atoms with Gasteiger partial charge in [-0.25, -0.2) is 0 Å². The molecule has 1 aromatic rings. The number of nitriles is 1. The molecule has 0 heterocycles. The van der Waals surface area contributed by atoms with E-state index in [2.05, 4.69) is 23.6 Å². The fourth-order valence-electron chi connectivity index (χ4n) is 1.31. The van der Waals surface area contributed by atoms with Crippen molar-refractivity contribution in [3.63, 3.8) is 0 Å². The summed E-state index contributed by atoms with van der Waals surface area (Å²) < 4.78 is 0. The van der Waals surface area contributed by atoms with Gasteiger partial charge in [-0.1, -0.05) is 36.9 Å². The third kappa shape index (κ3) is 3.42. The lowest BCUT2D eigenvalue weighted by Gasteiger charge is -2.15. The first-order valence-electron chi connectivity index (χ1n) is 4.52. The van der Waals surface area contributed by atoms with Crippen LogP contribution in [0.5, 0.6) is 0 Å². The van der Waals surface area contributed by atoms with E-state index in [-0.39, 0.29) is 0 Å². The maximum Gasteiger partial charge on any atom is 0.0954 e. The molecule has 2 heteroatoms. The normalized spacial score (nSPS) is 9.79. The molecule has 1 rings (SSSR count). The van der Waals surface area contributed by atoms with Crippen LogP contribution in [0.1, 0.15) is 5.56 Å². The molecule has 72 valence electrons. The fourth-order valence-corrected chi connectivity index (χ4v) is 1.31. The number of likely N-dealkylation sites (N-methyl/N-ethyl adjacent to an activating group) is 1. The van der Waals surface area contributed by atoms with Crippen molar-refractivity contribution in [3.8, 4) is 6.07 Å². The van der Waals surface area contributed by atoms with Crippen LogP contribution in [0.25, 0.3) is 0 Å². The van der Waals surface area contributed by atoms with Gasteiger partial charge in [0.05, 0.1) is 6.07 Å². The van der Waals surface area contributed by atoms with Gasteiger partial charge in [0, 0.05) is 18.7 Å². The van der Waals surface area contributed by atoms with E-state index < -0.39 is 0 Å². The number of nitrogens with zero attached hydrogens (tertiary/aromatic N) is 2. The van der Waals surface area contributed by atoms with Crippen molar-refractivity contribution >= 4 is 0 Å². The summed E-state index contributed by atoms with van der Waals surface area (Å²) in [5.74, 6) is 0. The number of benzene rings is 1. The van der Waals surface area contributed by atoms with Crippen molar-refractivity contribution in [2.45, 2.75) is 6.54 Å². The van der Waals surface area contributed by atoms with E-state index >= 15 is 0 Å². The van der Waals surface area contributed by atoms with Gasteiger partial charge in [0.1, 0.15) is 0 Å². The maximum atomic E-state index is 8.57. The maximum absolute atomic E-state index is 8.57. The van der Waals surface area contributed by atoms with E-state index in [0.717, 1.165) is 6.54 Å². The molecular weight excluding hydrogens is 172 g/mol. The Labute approximate surface area is 85.1 Å². The van der Waals surface area contributed by atoms with Crippen LogP contribution in [-0.4, -0.2) is 18.5 Å². The van der Waals surface area contributed by atoms with Crippen molar-refractivity contribution in [2.24, 2.45) is 0 Å². The summed E-state index contributed by atoms with van der Waals surface area (Å²) in [5.41, 5.74) is 1.85. The summed E-state index contributed by atoms with van der Waals surface area (Å²) in [6, 6.07) is 12.2. The van der Waals surface area contributed by atoms with Crippen LogP contribution in [0.15, 0.2) is 42.5 Å². The molecule has 0 amide bonds. The molecule has 1 aromatic carbocycles. The molecule has 0 atom stereocenters. The molecule has 2 nitrogen and oxygen atoms in total. The van der Waals surface area contributed by atoms with Crippen LogP contribution in [0.4, 0.5) is 0 Å². The van der Waals surface area contributed by atoms with Gasteiger partial charge in [-0.2, -0.15) is 5.26 Å². The van der Waals surface area contributed by atoms with Crippen LogP contribution < -0.4 is 0 Å². The second kappa shape index (κ2) is 5.21. The summed E-state index contributed by atoms with van der Waals surface area (Å²) >= 11 is 0. The highest BCUT2D eigenvalue weighted by atomic mass is 15.1. The largest absolute Gasteiger partial charge is 0.297 e. The monoisotopic (exact) mass is 186 g/mol. The molecule has 0 aliphatic rings. The van der Waals surface area contributed by atoms with Crippen LogP contribution >= 0.6 is 0 Å². The molecule has 0 aliphatic heterocycles. The Morgan fingerprint density at radius 3 is 2.64 bits per heavy atom. The van der Waals surface area contributed by atoms with Crippen molar-refractivity contribution in [3.05, 3.63) is 48.0 Å². The highest BCUT2D eigenvalue weighted by Gasteiger charge is 2.00. The molecule has 0 bridgehead atoms. The number of rotatable bonds is 4. The molecule has 0 saturated carbocycles. The number of hydrogen-bond acceptors (Lipinski definition) is 2. The lowest BCUT2D eigenvalue weighted by atomic mass is 10.2. The first-order chi connectivity index (χ1) is 6.72. The molecule has 0 N–H and O–H groups in total. The summed E-state index contributed by atoms with van der Waals surface area (Å²) in [7, 11) is 1.98. The van der Waals surface area contributed by atoms with E-state index in [9.17, 15) is 0 Å². The van der Waals surface area contributed by atoms with Gasteiger partial charge < -0.3 is 0 Å². The third-order valence-electron chi connectivity index (χ3n) is 1.91. The van der Waals surface area contributed by atoms with E-state index in [0.29, 0.717) is 12.1 Å². The average Bonchev–Trinajstić information content (AvgIpc) is 2.19. The molecule has 0 radical (unpaired) electrons. The van der Waals surface area contributed by atoms with E-state index in [1.165, 1.54) is 5.56 Å². The van der Waals surface area contributed by atoms with Crippen LogP contribution in [-0.2, 0) is 6.54 Å². The van der Waals surface area contributed by atoms with Crippen LogP contribution in [0.2, 0.25) is 0 Å². The average molecular weight is 186 g/mol. The SMILES string of the molecule is C=C(C#N)CN(C)Cc1ccccc1. The topological polar surface area (TPSA) is 27.0 Å². The Hall–Kier alpha value is -1.59. The van der Waals surface area contributed by atoms with Gasteiger partial charge in [-0.3, -0.25) is 4.90 Å². The fraction of sp³-hybridized carbons (Fsp3) is 0.250. The van der Waals surface area contributed by atoms with E-state index in [4.69, 9.17) is 5.26 Å². The van der Waals surface area contributed by atoms with Gasteiger partial charge in [-0.05, 0) is 12.6 Å². The second-order valence-electron chi connectivity index (χ2n) is 3.37. The van der Waals surface area contributed by atoms with Gasteiger partial charge in [0.15, 0.2) is 0 Å². The third-order valence-corrected chi connectivity index (χ3v) is 1.91. The van der Waals surface area contributed by atoms with E-state index in [1.807, 2.05) is 31.3 Å². The Kier molecular flexibility index (Phi) is 3.90. The first kappa shape index (κ1) is 10.5. The van der Waals surface area contributed by atoms with Crippen molar-refractivity contribution in [1.29, 1.82) is 5.26 Å². The zero-order valence-corrected chi connectivity index (χ0v) is 8.40. The molecule has 0 aliphatic carbocycles. The predicted molar refractivity (Wildman–Crippen MR) is 57.5 cm³/mol. The summed E-state index contributed by atoms with van der Waals surface area (Å²) in [4.78, 5) is 2.07. The van der Waals surface area contributed by atoms with Gasteiger partial charge in [-0.15, -0.1) is 0 Å². The lowest BCUT2D eigenvalue weighted by Crippen LogP contribution is -2.19. The highest BCUT2D eigenvalue weighted by Crippen LogP contribution is 2.03. The highest BCUT2D eigenvalue weighted by molar-refractivity contribution is 5.19. The Morgan fingerprint density at radius 2 is 2.07 bits per heavy atom. The van der Waals surface area contributed by atoms with E-state index in [1.54, 1.807) is 0 Å². The first-order valence-corrected chi connectivity index (χ1v) is 4.52. The smallest absolute Gasteiger partial charge is 0.0954 e. The summed E-state index contributed by atoms with van der Waals surface area (Å²) in [6.07, 6.45) is 0. The molecular formula is C12H14N2. The van der Waals surface area contributed by atoms with Gasteiger partial charge >= 0.3 is 0 Å². The Balaban J connectivity index is 2.46. The van der Waals surface area contributed by atoms with Gasteiger partial charge in [0.25, 0.3) is 0 Å². The zero-order chi connectivity index (χ0) is 10.4. The second-order valence-corrected chi connectivity index (χ2v) is 3.37. The minimum Gasteiger partial charge on any atom is -0.297 e. The molecule has 14 heavy (non-hydrogen) atoms. The standard InChI is InChI=1S/C12H14N2/c1-11(8-13)9-14(2)10-12-6-4-3-5-7-12/h3-7H,1,9-10H2,2H3. The van der Waals surface area contributed by atoms with Crippen molar-refractivity contribution < 1.29 is 0 Å². The molecule has 0 spiro atoms. The quantitative estimate of drug-likeness (QED) is 0.674. The van der Waals surface area contributed by atoms with Crippen LogP contribution in [0.3, 0.4) is 0 Å². The minimum absolute atomic E-state index is 0.600. The summed E-state index contributed by atoms with van der Waals surface area (Å²) in [6.45, 7) is 5.13. The zero-order valence-electron chi connectivity index (χ0n) is 8.40. The Bertz CT molecular complexity index is 335. The number of hydrogen-bond donors (Lipinski definition) is 0. The van der Waals surface area contributed by atoms with Crippen molar-refractivity contribution in [1.82, 2.24) is 4.90 Å². The predicted octanol–water partition coefficient (Wildman–Crippen LogP) is 2.20. The lowest BCUT2D eigenvalue weighted by molar-refractivity contribution is 0.359. The van der Waals surface area contributed by atoms with Crippen molar-refractivity contribution in [2.75, 3.05) is 13.6 Å². The minimum atomic E-state index is 0.600. The van der Waals surface area contributed by atoms with Gasteiger partial charge in [0.2, 0.25) is 0 Å². The Morgan fingerprint density at radius 1 is 1.43 bits per heavy atom. The summed E-state index contributed by atoms with van der Waals surface area (Å²) in [5, 5.41) is 8.57. The van der Waals surface area contributed by atoms with Crippen LogP contribution in [0, 0.1) is 11.3 Å². The molecule has 0 fully saturated rings. The molecule has 0 unspecified atom stereocenters. The molecule has 0 saturated heterocycles. The molecule has 0 aromatic heterocycles.